The molecule has 0 radical (unpaired) electrons. The summed E-state index contributed by atoms with van der Waals surface area (Å²) in [5.74, 6) is 0.450. The van der Waals surface area contributed by atoms with Gasteiger partial charge >= 0.3 is 0 Å². The quantitative estimate of drug-likeness (QED) is 0.911. The van der Waals surface area contributed by atoms with E-state index >= 15 is 0 Å². The normalized spacial score (nSPS) is 11.2. The first-order chi connectivity index (χ1) is 8.60. The van der Waals surface area contributed by atoms with Crippen LogP contribution in [0.4, 0.5) is 0 Å². The van der Waals surface area contributed by atoms with E-state index in [0.717, 1.165) is 6.42 Å². The van der Waals surface area contributed by atoms with Gasteiger partial charge < -0.3 is 5.73 Å². The van der Waals surface area contributed by atoms with Crippen molar-refractivity contribution in [2.24, 2.45) is 5.73 Å². The smallest absolute Gasteiger partial charge is 0.0975 e. The van der Waals surface area contributed by atoms with Crippen LogP contribution in [0, 0.1) is 6.92 Å². The molecule has 2 rings (SSSR count). The first-order valence-corrected chi connectivity index (χ1v) is 7.16. The van der Waals surface area contributed by atoms with Gasteiger partial charge in [0.2, 0.25) is 0 Å². The maximum Gasteiger partial charge on any atom is 0.0975 e. The topological polar surface area (TPSA) is 38.9 Å². The molecule has 0 fully saturated rings. The molecule has 1 aromatic heterocycles. The summed E-state index contributed by atoms with van der Waals surface area (Å²) in [6.07, 6.45) is 0.909. The monoisotopic (exact) mass is 260 g/mol. The molecule has 0 atom stereocenters. The SMILES string of the molecule is Cc1cccc(Cc2nc(C(C)C)c(CN)s2)c1. The van der Waals surface area contributed by atoms with Gasteiger partial charge in [-0.3, -0.25) is 0 Å². The predicted molar refractivity (Wildman–Crippen MR) is 78.1 cm³/mol. The molecular weight excluding hydrogens is 240 g/mol. The van der Waals surface area contributed by atoms with E-state index < -0.39 is 0 Å². The highest BCUT2D eigenvalue weighted by atomic mass is 32.1. The first kappa shape index (κ1) is 13.2. The molecule has 0 spiro atoms. The predicted octanol–water partition coefficient (Wildman–Crippen LogP) is 3.62. The third kappa shape index (κ3) is 2.98. The molecule has 2 N–H and O–H groups in total. The fourth-order valence-corrected chi connectivity index (χ4v) is 3.22. The number of aromatic nitrogens is 1. The first-order valence-electron chi connectivity index (χ1n) is 6.34. The molecule has 0 amide bonds. The number of hydrogen-bond acceptors (Lipinski definition) is 3. The molecule has 0 bridgehead atoms. The van der Waals surface area contributed by atoms with Crippen molar-refractivity contribution in [1.29, 1.82) is 0 Å². The molecule has 0 unspecified atom stereocenters. The van der Waals surface area contributed by atoms with Gasteiger partial charge in [-0.05, 0) is 18.4 Å². The summed E-state index contributed by atoms with van der Waals surface area (Å²) >= 11 is 1.75. The van der Waals surface area contributed by atoms with Crippen molar-refractivity contribution in [1.82, 2.24) is 4.98 Å². The van der Waals surface area contributed by atoms with Gasteiger partial charge in [0.1, 0.15) is 0 Å². The van der Waals surface area contributed by atoms with Gasteiger partial charge in [0.05, 0.1) is 10.7 Å². The van der Waals surface area contributed by atoms with Crippen LogP contribution in [0.2, 0.25) is 0 Å². The Morgan fingerprint density at radius 1 is 1.33 bits per heavy atom. The average molecular weight is 260 g/mol. The second kappa shape index (κ2) is 5.63. The second-order valence-electron chi connectivity index (χ2n) is 4.94. The highest BCUT2D eigenvalue weighted by Crippen LogP contribution is 2.26. The lowest BCUT2D eigenvalue weighted by molar-refractivity contribution is 0.806. The highest BCUT2D eigenvalue weighted by molar-refractivity contribution is 7.11. The number of benzene rings is 1. The van der Waals surface area contributed by atoms with Crippen LogP contribution in [0.3, 0.4) is 0 Å². The minimum atomic E-state index is 0.450. The van der Waals surface area contributed by atoms with Crippen molar-refractivity contribution in [3.8, 4) is 0 Å². The number of nitrogens with zero attached hydrogens (tertiary/aromatic N) is 1. The number of thiazole rings is 1. The maximum atomic E-state index is 5.79. The van der Waals surface area contributed by atoms with E-state index in [9.17, 15) is 0 Å². The minimum absolute atomic E-state index is 0.450. The van der Waals surface area contributed by atoms with Crippen LogP contribution in [-0.4, -0.2) is 4.98 Å². The summed E-state index contributed by atoms with van der Waals surface area (Å²) in [6.45, 7) is 7.06. The summed E-state index contributed by atoms with van der Waals surface area (Å²) in [6, 6.07) is 8.60. The van der Waals surface area contributed by atoms with Crippen LogP contribution in [0.25, 0.3) is 0 Å². The van der Waals surface area contributed by atoms with E-state index in [1.165, 1.54) is 26.7 Å². The lowest BCUT2D eigenvalue weighted by Gasteiger charge is -2.02. The molecule has 96 valence electrons. The Kier molecular flexibility index (Phi) is 4.15. The van der Waals surface area contributed by atoms with E-state index in [1.807, 2.05) is 0 Å². The molecule has 0 aliphatic rings. The van der Waals surface area contributed by atoms with Crippen molar-refractivity contribution in [3.05, 3.63) is 51.0 Å². The summed E-state index contributed by atoms with van der Waals surface area (Å²) in [4.78, 5) is 5.97. The molecule has 1 aromatic carbocycles. The zero-order chi connectivity index (χ0) is 13.1. The van der Waals surface area contributed by atoms with Crippen LogP contribution in [-0.2, 0) is 13.0 Å². The Hall–Kier alpha value is -1.19. The van der Waals surface area contributed by atoms with E-state index in [2.05, 4.69) is 45.0 Å². The van der Waals surface area contributed by atoms with E-state index in [4.69, 9.17) is 10.7 Å². The molecule has 0 saturated heterocycles. The van der Waals surface area contributed by atoms with Gasteiger partial charge in [0, 0.05) is 17.8 Å². The van der Waals surface area contributed by atoms with Crippen LogP contribution in [0.5, 0.6) is 0 Å². The number of hydrogen-bond donors (Lipinski definition) is 1. The van der Waals surface area contributed by atoms with Crippen molar-refractivity contribution < 1.29 is 0 Å². The van der Waals surface area contributed by atoms with Crippen LogP contribution >= 0.6 is 11.3 Å². The lowest BCUT2D eigenvalue weighted by atomic mass is 10.1. The van der Waals surface area contributed by atoms with Gasteiger partial charge in [-0.2, -0.15) is 0 Å². The fraction of sp³-hybridized carbons (Fsp3) is 0.400. The van der Waals surface area contributed by atoms with Gasteiger partial charge in [-0.25, -0.2) is 4.98 Å². The van der Waals surface area contributed by atoms with Gasteiger partial charge in [0.25, 0.3) is 0 Å². The van der Waals surface area contributed by atoms with Gasteiger partial charge in [-0.15, -0.1) is 11.3 Å². The molecule has 18 heavy (non-hydrogen) atoms. The third-order valence-corrected chi connectivity index (χ3v) is 4.04. The molecule has 2 aromatic rings. The number of rotatable bonds is 4. The average Bonchev–Trinajstić information content (AvgIpc) is 2.72. The lowest BCUT2D eigenvalue weighted by Crippen LogP contribution is -1.99. The van der Waals surface area contributed by atoms with Crippen LogP contribution < -0.4 is 5.73 Å². The maximum absolute atomic E-state index is 5.79. The zero-order valence-electron chi connectivity index (χ0n) is 11.2. The highest BCUT2D eigenvalue weighted by Gasteiger charge is 2.13. The standard InChI is InChI=1S/C15H20N2S/c1-10(2)15-13(9-16)18-14(17-15)8-12-6-4-5-11(3)7-12/h4-7,10H,8-9,16H2,1-3H3. The Labute approximate surface area is 113 Å². The molecule has 1 heterocycles. The second-order valence-corrected chi connectivity index (χ2v) is 6.11. The zero-order valence-corrected chi connectivity index (χ0v) is 12.1. The van der Waals surface area contributed by atoms with Crippen LogP contribution in [0.1, 0.15) is 46.5 Å². The summed E-state index contributed by atoms with van der Waals surface area (Å²) < 4.78 is 0. The molecule has 0 aliphatic carbocycles. The van der Waals surface area contributed by atoms with Crippen molar-refractivity contribution in [3.63, 3.8) is 0 Å². The molecule has 3 heteroatoms. The summed E-state index contributed by atoms with van der Waals surface area (Å²) in [5.41, 5.74) is 9.58. The Morgan fingerprint density at radius 3 is 2.67 bits per heavy atom. The van der Waals surface area contributed by atoms with Crippen molar-refractivity contribution >= 4 is 11.3 Å². The van der Waals surface area contributed by atoms with E-state index in [0.29, 0.717) is 12.5 Å². The molecule has 0 saturated carbocycles. The van der Waals surface area contributed by atoms with Crippen molar-refractivity contribution in [2.45, 2.75) is 39.7 Å². The Bertz CT molecular complexity index is 529. The summed E-state index contributed by atoms with van der Waals surface area (Å²) in [5, 5.41) is 1.17. The van der Waals surface area contributed by atoms with Gasteiger partial charge in [-0.1, -0.05) is 43.7 Å². The molecule has 2 nitrogen and oxygen atoms in total. The van der Waals surface area contributed by atoms with Gasteiger partial charge in [0.15, 0.2) is 0 Å². The van der Waals surface area contributed by atoms with Crippen LogP contribution in [0.15, 0.2) is 24.3 Å². The third-order valence-electron chi connectivity index (χ3n) is 2.94. The minimum Gasteiger partial charge on any atom is -0.326 e. The van der Waals surface area contributed by atoms with Crippen molar-refractivity contribution in [2.75, 3.05) is 0 Å². The fourth-order valence-electron chi connectivity index (χ4n) is 2.08. The summed E-state index contributed by atoms with van der Waals surface area (Å²) in [7, 11) is 0. The van der Waals surface area contributed by atoms with E-state index in [1.54, 1.807) is 11.3 Å². The van der Waals surface area contributed by atoms with E-state index in [-0.39, 0.29) is 0 Å². The largest absolute Gasteiger partial charge is 0.326 e. The Balaban J connectivity index is 2.24. The number of nitrogens with two attached hydrogens (primary N) is 1. The molecular formula is C15H20N2S. The Morgan fingerprint density at radius 2 is 2.11 bits per heavy atom. The molecule has 0 aliphatic heterocycles. The number of aryl methyl sites for hydroxylation is 1.